The van der Waals surface area contributed by atoms with Crippen LogP contribution in [0.25, 0.3) is 0 Å². The lowest BCUT2D eigenvalue weighted by atomic mass is 10.2. The molecule has 0 spiro atoms. The highest BCUT2D eigenvalue weighted by atomic mass is 32.1. The van der Waals surface area contributed by atoms with Gasteiger partial charge in [0, 0.05) is 9.75 Å². The van der Waals surface area contributed by atoms with E-state index in [0.717, 1.165) is 4.88 Å². The van der Waals surface area contributed by atoms with E-state index in [1.807, 2.05) is 13.0 Å². The average Bonchev–Trinajstić information content (AvgIpc) is 2.10. The SMILES string of the molecule is Cc1cc(O)c(C(C)C)s1. The zero-order chi connectivity index (χ0) is 7.72. The molecule has 0 saturated carbocycles. The molecule has 0 radical (unpaired) electrons. The van der Waals surface area contributed by atoms with Gasteiger partial charge in [-0.05, 0) is 18.9 Å². The molecular weight excluding hydrogens is 144 g/mol. The molecule has 0 saturated heterocycles. The van der Waals surface area contributed by atoms with Crippen molar-refractivity contribution < 1.29 is 5.11 Å². The lowest BCUT2D eigenvalue weighted by Crippen LogP contribution is -1.79. The summed E-state index contributed by atoms with van der Waals surface area (Å²) in [5, 5.41) is 9.31. The maximum Gasteiger partial charge on any atom is 0.129 e. The Morgan fingerprint density at radius 3 is 2.30 bits per heavy atom. The van der Waals surface area contributed by atoms with Crippen LogP contribution in [-0.2, 0) is 0 Å². The van der Waals surface area contributed by atoms with E-state index in [9.17, 15) is 5.11 Å². The van der Waals surface area contributed by atoms with Crippen molar-refractivity contribution in [1.29, 1.82) is 0 Å². The Kier molecular flexibility index (Phi) is 2.00. The first-order valence-electron chi connectivity index (χ1n) is 3.40. The molecule has 2 heteroatoms. The van der Waals surface area contributed by atoms with Crippen LogP contribution in [-0.4, -0.2) is 5.11 Å². The predicted molar refractivity (Wildman–Crippen MR) is 44.8 cm³/mol. The van der Waals surface area contributed by atoms with Crippen molar-refractivity contribution in [2.75, 3.05) is 0 Å². The average molecular weight is 156 g/mol. The topological polar surface area (TPSA) is 20.2 Å². The van der Waals surface area contributed by atoms with Crippen molar-refractivity contribution in [3.8, 4) is 5.75 Å². The second-order valence-electron chi connectivity index (χ2n) is 2.76. The molecule has 0 amide bonds. The summed E-state index contributed by atoms with van der Waals surface area (Å²) in [6.07, 6.45) is 0. The van der Waals surface area contributed by atoms with Crippen molar-refractivity contribution >= 4 is 11.3 Å². The van der Waals surface area contributed by atoms with Gasteiger partial charge in [0.05, 0.1) is 0 Å². The van der Waals surface area contributed by atoms with Crippen molar-refractivity contribution in [3.63, 3.8) is 0 Å². The molecule has 10 heavy (non-hydrogen) atoms. The van der Waals surface area contributed by atoms with Crippen LogP contribution in [0.15, 0.2) is 6.07 Å². The molecule has 1 rings (SSSR count). The quantitative estimate of drug-likeness (QED) is 0.663. The Morgan fingerprint density at radius 2 is 2.10 bits per heavy atom. The van der Waals surface area contributed by atoms with Crippen molar-refractivity contribution in [2.45, 2.75) is 26.7 Å². The van der Waals surface area contributed by atoms with Crippen LogP contribution in [0.1, 0.15) is 29.5 Å². The number of hydrogen-bond donors (Lipinski definition) is 1. The normalized spacial score (nSPS) is 10.8. The Balaban J connectivity index is 3.03. The maximum atomic E-state index is 9.31. The molecule has 0 fully saturated rings. The molecule has 1 nitrogen and oxygen atoms in total. The van der Waals surface area contributed by atoms with Gasteiger partial charge >= 0.3 is 0 Å². The van der Waals surface area contributed by atoms with E-state index in [1.54, 1.807) is 11.3 Å². The summed E-state index contributed by atoms with van der Waals surface area (Å²) in [6.45, 7) is 6.19. The second-order valence-corrected chi connectivity index (χ2v) is 4.05. The second kappa shape index (κ2) is 2.62. The first-order valence-corrected chi connectivity index (χ1v) is 4.22. The van der Waals surface area contributed by atoms with E-state index in [0.29, 0.717) is 11.7 Å². The van der Waals surface area contributed by atoms with Gasteiger partial charge in [-0.15, -0.1) is 11.3 Å². The van der Waals surface area contributed by atoms with Crippen molar-refractivity contribution in [2.24, 2.45) is 0 Å². The molecule has 1 aromatic rings. The van der Waals surface area contributed by atoms with Gasteiger partial charge in [-0.25, -0.2) is 0 Å². The van der Waals surface area contributed by atoms with Gasteiger partial charge in [-0.1, -0.05) is 13.8 Å². The lowest BCUT2D eigenvalue weighted by Gasteiger charge is -1.99. The smallest absolute Gasteiger partial charge is 0.129 e. The van der Waals surface area contributed by atoms with E-state index in [2.05, 4.69) is 13.8 Å². The van der Waals surface area contributed by atoms with Crippen LogP contribution < -0.4 is 0 Å². The minimum atomic E-state index is 0.443. The van der Waals surface area contributed by atoms with Gasteiger partial charge in [0.15, 0.2) is 0 Å². The summed E-state index contributed by atoms with van der Waals surface area (Å²) >= 11 is 1.67. The zero-order valence-corrected chi connectivity index (χ0v) is 7.33. The minimum absolute atomic E-state index is 0.443. The molecule has 0 aromatic carbocycles. The molecule has 0 aliphatic heterocycles. The Morgan fingerprint density at radius 1 is 1.50 bits per heavy atom. The van der Waals surface area contributed by atoms with E-state index in [4.69, 9.17) is 0 Å². The highest BCUT2D eigenvalue weighted by molar-refractivity contribution is 7.12. The van der Waals surface area contributed by atoms with E-state index >= 15 is 0 Å². The van der Waals surface area contributed by atoms with Gasteiger partial charge in [-0.2, -0.15) is 0 Å². The molecule has 0 bridgehead atoms. The first kappa shape index (κ1) is 7.61. The molecule has 1 N–H and O–H groups in total. The molecule has 0 aliphatic carbocycles. The van der Waals surface area contributed by atoms with Gasteiger partial charge in [-0.3, -0.25) is 0 Å². The monoisotopic (exact) mass is 156 g/mol. The molecule has 56 valence electrons. The number of rotatable bonds is 1. The summed E-state index contributed by atoms with van der Waals surface area (Å²) in [7, 11) is 0. The van der Waals surface area contributed by atoms with Crippen molar-refractivity contribution in [1.82, 2.24) is 0 Å². The molecule has 1 heterocycles. The zero-order valence-electron chi connectivity index (χ0n) is 6.51. The van der Waals surface area contributed by atoms with Crippen LogP contribution in [0, 0.1) is 6.92 Å². The molecular formula is C8H12OS. The number of aryl methyl sites for hydroxylation is 1. The summed E-state index contributed by atoms with van der Waals surface area (Å²) in [6, 6.07) is 1.82. The lowest BCUT2D eigenvalue weighted by molar-refractivity contribution is 0.469. The number of aromatic hydroxyl groups is 1. The van der Waals surface area contributed by atoms with Gasteiger partial charge < -0.3 is 5.11 Å². The summed E-state index contributed by atoms with van der Waals surface area (Å²) < 4.78 is 0. The third-order valence-corrected chi connectivity index (χ3v) is 2.73. The highest BCUT2D eigenvalue weighted by Crippen LogP contribution is 2.33. The molecule has 1 aromatic heterocycles. The maximum absolute atomic E-state index is 9.31. The van der Waals surface area contributed by atoms with Crippen LogP contribution in [0.2, 0.25) is 0 Å². The van der Waals surface area contributed by atoms with Crippen LogP contribution in [0.5, 0.6) is 5.75 Å². The Labute approximate surface area is 65.3 Å². The van der Waals surface area contributed by atoms with Gasteiger partial charge in [0.2, 0.25) is 0 Å². The Bertz CT molecular complexity index is 225. The van der Waals surface area contributed by atoms with Gasteiger partial charge in [0.25, 0.3) is 0 Å². The third-order valence-electron chi connectivity index (χ3n) is 1.39. The van der Waals surface area contributed by atoms with E-state index in [1.165, 1.54) is 4.88 Å². The highest BCUT2D eigenvalue weighted by Gasteiger charge is 2.08. The summed E-state index contributed by atoms with van der Waals surface area (Å²) in [5.74, 6) is 0.899. The Hall–Kier alpha value is -0.500. The fraction of sp³-hybridized carbons (Fsp3) is 0.500. The molecule has 0 unspecified atom stereocenters. The standard InChI is InChI=1S/C8H12OS/c1-5(2)8-7(9)4-6(3)10-8/h4-5,9H,1-3H3. The number of thiophene rings is 1. The van der Waals surface area contributed by atoms with Crippen LogP contribution in [0.3, 0.4) is 0 Å². The fourth-order valence-corrected chi connectivity index (χ4v) is 1.85. The molecule has 0 atom stereocenters. The molecule has 0 aliphatic rings. The first-order chi connectivity index (χ1) is 4.61. The van der Waals surface area contributed by atoms with Crippen molar-refractivity contribution in [3.05, 3.63) is 15.8 Å². The van der Waals surface area contributed by atoms with Crippen LogP contribution >= 0.6 is 11.3 Å². The largest absolute Gasteiger partial charge is 0.507 e. The summed E-state index contributed by atoms with van der Waals surface area (Å²) in [5.41, 5.74) is 0. The predicted octanol–water partition coefficient (Wildman–Crippen LogP) is 2.89. The van der Waals surface area contributed by atoms with E-state index in [-0.39, 0.29) is 0 Å². The van der Waals surface area contributed by atoms with Gasteiger partial charge in [0.1, 0.15) is 5.75 Å². The third kappa shape index (κ3) is 1.32. The van der Waals surface area contributed by atoms with Crippen LogP contribution in [0.4, 0.5) is 0 Å². The minimum Gasteiger partial charge on any atom is -0.507 e. The van der Waals surface area contributed by atoms with E-state index < -0.39 is 0 Å². The summed E-state index contributed by atoms with van der Waals surface area (Å²) in [4.78, 5) is 2.28. The fourth-order valence-electron chi connectivity index (χ4n) is 0.932. The number of hydrogen-bond acceptors (Lipinski definition) is 2.